The summed E-state index contributed by atoms with van der Waals surface area (Å²) in [6.07, 6.45) is 1.75. The van der Waals surface area contributed by atoms with E-state index in [-0.39, 0.29) is 5.97 Å². The van der Waals surface area contributed by atoms with Gasteiger partial charge < -0.3 is 9.72 Å². The molecule has 1 N–H and O–H groups in total. The molecule has 0 amide bonds. The summed E-state index contributed by atoms with van der Waals surface area (Å²) in [6.45, 7) is 0. The average Bonchev–Trinajstić information content (AvgIpc) is 2.82. The van der Waals surface area contributed by atoms with Crippen LogP contribution in [0.3, 0.4) is 0 Å². The third-order valence-electron chi connectivity index (χ3n) is 2.78. The normalized spacial score (nSPS) is 10.9. The molecule has 0 saturated heterocycles. The number of methoxy groups -OCH3 is 1. The Bertz CT molecular complexity index is 716. The van der Waals surface area contributed by atoms with E-state index in [0.717, 1.165) is 21.8 Å². The van der Waals surface area contributed by atoms with Gasteiger partial charge in [0.25, 0.3) is 0 Å². The predicted molar refractivity (Wildman–Crippen MR) is 64.9 cm³/mol. The molecule has 84 valence electrons. The van der Waals surface area contributed by atoms with Gasteiger partial charge in [0.15, 0.2) is 0 Å². The summed E-state index contributed by atoms with van der Waals surface area (Å²) >= 11 is 0. The van der Waals surface area contributed by atoms with Crippen molar-refractivity contribution in [1.29, 1.82) is 0 Å². The minimum atomic E-state index is -0.363. The average molecular weight is 226 g/mol. The standard InChI is InChI=1S/C13H10N2O2/c1-17-13(16)11-7-8-4-5-10-9(12(8)15-11)3-2-6-14-10/h2-7,15H,1H3. The molecular weight excluding hydrogens is 216 g/mol. The molecule has 2 heterocycles. The van der Waals surface area contributed by atoms with Crippen molar-refractivity contribution in [2.45, 2.75) is 0 Å². The van der Waals surface area contributed by atoms with Gasteiger partial charge in [-0.15, -0.1) is 0 Å². The number of esters is 1. The van der Waals surface area contributed by atoms with Crippen molar-refractivity contribution in [2.75, 3.05) is 7.11 Å². The van der Waals surface area contributed by atoms with Crippen LogP contribution < -0.4 is 0 Å². The van der Waals surface area contributed by atoms with Gasteiger partial charge >= 0.3 is 5.97 Å². The third kappa shape index (κ3) is 1.45. The first-order valence-corrected chi connectivity index (χ1v) is 5.24. The number of nitrogens with zero attached hydrogens (tertiary/aromatic N) is 1. The molecular formula is C13H10N2O2. The number of rotatable bonds is 1. The van der Waals surface area contributed by atoms with Crippen molar-refractivity contribution >= 4 is 27.8 Å². The van der Waals surface area contributed by atoms with E-state index in [1.807, 2.05) is 24.3 Å². The molecule has 0 bridgehead atoms. The lowest BCUT2D eigenvalue weighted by molar-refractivity contribution is 0.0595. The largest absolute Gasteiger partial charge is 0.464 e. The lowest BCUT2D eigenvalue weighted by atomic mass is 10.1. The monoisotopic (exact) mass is 226 g/mol. The van der Waals surface area contributed by atoms with Gasteiger partial charge in [-0.25, -0.2) is 4.79 Å². The fourth-order valence-corrected chi connectivity index (χ4v) is 1.98. The van der Waals surface area contributed by atoms with E-state index >= 15 is 0 Å². The molecule has 0 atom stereocenters. The maximum Gasteiger partial charge on any atom is 0.354 e. The number of carbonyl (C=O) groups excluding carboxylic acids is 1. The van der Waals surface area contributed by atoms with Crippen LogP contribution in [-0.4, -0.2) is 23.0 Å². The number of aromatic amines is 1. The second-order valence-corrected chi connectivity index (χ2v) is 3.77. The predicted octanol–water partition coefficient (Wildman–Crippen LogP) is 2.50. The maximum absolute atomic E-state index is 11.5. The Kier molecular flexibility index (Phi) is 2.08. The van der Waals surface area contributed by atoms with Crippen molar-refractivity contribution in [2.24, 2.45) is 0 Å². The van der Waals surface area contributed by atoms with Gasteiger partial charge in [0.1, 0.15) is 5.69 Å². The third-order valence-corrected chi connectivity index (χ3v) is 2.78. The Hall–Kier alpha value is -2.36. The van der Waals surface area contributed by atoms with E-state index in [9.17, 15) is 4.79 Å². The molecule has 1 aromatic carbocycles. The van der Waals surface area contributed by atoms with Crippen molar-refractivity contribution in [3.8, 4) is 0 Å². The van der Waals surface area contributed by atoms with Crippen LogP contribution in [0.1, 0.15) is 10.5 Å². The summed E-state index contributed by atoms with van der Waals surface area (Å²) in [6, 6.07) is 9.51. The number of pyridine rings is 1. The Balaban J connectivity index is 2.35. The molecule has 0 aliphatic heterocycles. The number of hydrogen-bond acceptors (Lipinski definition) is 3. The quantitative estimate of drug-likeness (QED) is 0.648. The van der Waals surface area contributed by atoms with Crippen LogP contribution in [0.2, 0.25) is 0 Å². The van der Waals surface area contributed by atoms with E-state index in [4.69, 9.17) is 4.74 Å². The molecule has 0 aliphatic carbocycles. The first-order valence-electron chi connectivity index (χ1n) is 5.24. The van der Waals surface area contributed by atoms with E-state index in [1.165, 1.54) is 7.11 Å². The number of H-pyrrole nitrogens is 1. The summed E-state index contributed by atoms with van der Waals surface area (Å²) in [4.78, 5) is 18.8. The van der Waals surface area contributed by atoms with Gasteiger partial charge in [-0.1, -0.05) is 6.07 Å². The first-order chi connectivity index (χ1) is 8.29. The summed E-state index contributed by atoms with van der Waals surface area (Å²) in [5.41, 5.74) is 2.27. The van der Waals surface area contributed by atoms with Crippen LogP contribution in [0.5, 0.6) is 0 Å². The van der Waals surface area contributed by atoms with Gasteiger partial charge in [-0.05, 0) is 24.3 Å². The first kappa shape index (κ1) is 9.84. The zero-order valence-electron chi connectivity index (χ0n) is 9.23. The second kappa shape index (κ2) is 3.59. The number of hydrogen-bond donors (Lipinski definition) is 1. The number of aromatic nitrogens is 2. The van der Waals surface area contributed by atoms with Gasteiger partial charge in [-0.3, -0.25) is 4.98 Å². The lowest BCUT2D eigenvalue weighted by Crippen LogP contribution is -2.00. The number of ether oxygens (including phenoxy) is 1. The van der Waals surface area contributed by atoms with Crippen LogP contribution >= 0.6 is 0 Å². The smallest absolute Gasteiger partial charge is 0.354 e. The van der Waals surface area contributed by atoms with Crippen molar-refractivity contribution in [3.63, 3.8) is 0 Å². The van der Waals surface area contributed by atoms with Crippen LogP contribution in [0.15, 0.2) is 36.5 Å². The minimum Gasteiger partial charge on any atom is -0.464 e. The number of fused-ring (bicyclic) bond motifs is 3. The molecule has 4 nitrogen and oxygen atoms in total. The molecule has 0 unspecified atom stereocenters. The van der Waals surface area contributed by atoms with Crippen LogP contribution in [0.25, 0.3) is 21.8 Å². The molecule has 4 heteroatoms. The van der Waals surface area contributed by atoms with Crippen LogP contribution in [-0.2, 0) is 4.74 Å². The van der Waals surface area contributed by atoms with Gasteiger partial charge in [0.05, 0.1) is 18.1 Å². The number of benzene rings is 1. The van der Waals surface area contributed by atoms with Crippen molar-refractivity contribution in [3.05, 3.63) is 42.2 Å². The van der Waals surface area contributed by atoms with Crippen LogP contribution in [0.4, 0.5) is 0 Å². The van der Waals surface area contributed by atoms with Crippen molar-refractivity contribution in [1.82, 2.24) is 9.97 Å². The molecule has 0 radical (unpaired) electrons. The Morgan fingerprint density at radius 3 is 3.06 bits per heavy atom. The Morgan fingerprint density at radius 2 is 2.24 bits per heavy atom. The minimum absolute atomic E-state index is 0.363. The zero-order valence-corrected chi connectivity index (χ0v) is 9.23. The molecule has 3 rings (SSSR count). The molecule has 3 aromatic rings. The molecule has 0 spiro atoms. The zero-order chi connectivity index (χ0) is 11.8. The highest BCUT2D eigenvalue weighted by Crippen LogP contribution is 2.24. The van der Waals surface area contributed by atoms with E-state index in [2.05, 4.69) is 9.97 Å². The molecule has 17 heavy (non-hydrogen) atoms. The SMILES string of the molecule is COC(=O)c1cc2ccc3ncccc3c2[nH]1. The summed E-state index contributed by atoms with van der Waals surface area (Å²) in [5, 5.41) is 1.98. The maximum atomic E-state index is 11.5. The topological polar surface area (TPSA) is 55.0 Å². The summed E-state index contributed by atoms with van der Waals surface area (Å²) < 4.78 is 4.69. The van der Waals surface area contributed by atoms with E-state index in [1.54, 1.807) is 12.3 Å². The molecule has 0 aliphatic rings. The van der Waals surface area contributed by atoms with Crippen LogP contribution in [0, 0.1) is 0 Å². The Labute approximate surface area is 97.2 Å². The summed E-state index contributed by atoms with van der Waals surface area (Å²) in [7, 11) is 1.37. The second-order valence-electron chi connectivity index (χ2n) is 3.77. The number of nitrogens with one attached hydrogen (secondary N) is 1. The summed E-state index contributed by atoms with van der Waals surface area (Å²) in [5.74, 6) is -0.363. The molecule has 0 fully saturated rings. The van der Waals surface area contributed by atoms with E-state index in [0.29, 0.717) is 5.69 Å². The molecule has 2 aromatic heterocycles. The highest BCUT2D eigenvalue weighted by molar-refractivity contribution is 6.07. The Morgan fingerprint density at radius 1 is 1.35 bits per heavy atom. The van der Waals surface area contributed by atoms with Gasteiger partial charge in [-0.2, -0.15) is 0 Å². The highest BCUT2D eigenvalue weighted by Gasteiger charge is 2.11. The number of carbonyl (C=O) groups is 1. The van der Waals surface area contributed by atoms with Gasteiger partial charge in [0, 0.05) is 17.0 Å². The fraction of sp³-hybridized carbons (Fsp3) is 0.0769. The molecule has 0 saturated carbocycles. The highest BCUT2D eigenvalue weighted by atomic mass is 16.5. The van der Waals surface area contributed by atoms with Crippen molar-refractivity contribution < 1.29 is 9.53 Å². The fourth-order valence-electron chi connectivity index (χ4n) is 1.98. The lowest BCUT2D eigenvalue weighted by Gasteiger charge is -1.97. The van der Waals surface area contributed by atoms with E-state index < -0.39 is 0 Å². The van der Waals surface area contributed by atoms with Gasteiger partial charge in [0.2, 0.25) is 0 Å².